The summed E-state index contributed by atoms with van der Waals surface area (Å²) in [5, 5.41) is 9.36. The van der Waals surface area contributed by atoms with Crippen LogP contribution in [-0.4, -0.2) is 23.2 Å². The predicted octanol–water partition coefficient (Wildman–Crippen LogP) is 5.64. The SMILES string of the molecule is CCOC(=O)C1=C(C)N=c2s/c(=C/c3ccc(OCc4ccccc4C#N)c(I)c3)c(=O)n2[C@H]1c1ccccc1OC(C)C. The van der Waals surface area contributed by atoms with Crippen molar-refractivity contribution >= 4 is 46.0 Å². The van der Waals surface area contributed by atoms with E-state index >= 15 is 0 Å². The van der Waals surface area contributed by atoms with E-state index in [1.165, 1.54) is 11.3 Å². The van der Waals surface area contributed by atoms with Gasteiger partial charge in [0.2, 0.25) is 0 Å². The molecule has 0 saturated heterocycles. The first-order chi connectivity index (χ1) is 21.2. The van der Waals surface area contributed by atoms with Crippen LogP contribution in [0.4, 0.5) is 0 Å². The maximum Gasteiger partial charge on any atom is 0.338 e. The number of hydrogen-bond acceptors (Lipinski definition) is 8. The van der Waals surface area contributed by atoms with Crippen molar-refractivity contribution in [2.24, 2.45) is 4.99 Å². The van der Waals surface area contributed by atoms with Crippen LogP contribution in [-0.2, 0) is 16.1 Å². The van der Waals surface area contributed by atoms with Crippen LogP contribution in [0, 0.1) is 14.9 Å². The van der Waals surface area contributed by atoms with E-state index < -0.39 is 12.0 Å². The number of aromatic nitrogens is 1. The first-order valence-electron chi connectivity index (χ1n) is 14.1. The lowest BCUT2D eigenvalue weighted by atomic mass is 9.95. The lowest BCUT2D eigenvalue weighted by Crippen LogP contribution is -2.40. The molecule has 0 radical (unpaired) electrons. The summed E-state index contributed by atoms with van der Waals surface area (Å²) in [6.45, 7) is 7.83. The summed E-state index contributed by atoms with van der Waals surface area (Å²) in [4.78, 5) is 32.5. The summed E-state index contributed by atoms with van der Waals surface area (Å²) in [5.41, 5.74) is 3.41. The average molecular weight is 720 g/mol. The Morgan fingerprint density at radius 1 is 1.14 bits per heavy atom. The van der Waals surface area contributed by atoms with E-state index in [0.717, 1.165) is 14.7 Å². The smallest absolute Gasteiger partial charge is 0.338 e. The van der Waals surface area contributed by atoms with Gasteiger partial charge in [0, 0.05) is 11.1 Å². The number of halogens is 1. The van der Waals surface area contributed by atoms with E-state index in [2.05, 4.69) is 33.7 Å². The number of carbonyl (C=O) groups is 1. The third-order valence-electron chi connectivity index (χ3n) is 6.87. The lowest BCUT2D eigenvalue weighted by molar-refractivity contribution is -0.139. The van der Waals surface area contributed by atoms with Gasteiger partial charge in [0.15, 0.2) is 4.80 Å². The van der Waals surface area contributed by atoms with Gasteiger partial charge in [-0.1, -0.05) is 53.8 Å². The Labute approximate surface area is 272 Å². The molecule has 0 unspecified atom stereocenters. The van der Waals surface area contributed by atoms with Crippen LogP contribution in [0.1, 0.15) is 56.0 Å². The fourth-order valence-electron chi connectivity index (χ4n) is 4.94. The number of ether oxygens (including phenoxy) is 3. The Morgan fingerprint density at radius 2 is 1.89 bits per heavy atom. The number of rotatable bonds is 9. The number of nitrogens with zero attached hydrogens (tertiary/aromatic N) is 3. The Morgan fingerprint density at radius 3 is 2.61 bits per heavy atom. The van der Waals surface area contributed by atoms with Crippen molar-refractivity contribution < 1.29 is 19.0 Å². The number of fused-ring (bicyclic) bond motifs is 1. The molecule has 0 spiro atoms. The molecule has 2 heterocycles. The molecule has 224 valence electrons. The van der Waals surface area contributed by atoms with E-state index in [4.69, 9.17) is 14.2 Å². The molecule has 1 aliphatic rings. The second kappa shape index (κ2) is 13.6. The minimum absolute atomic E-state index is 0.112. The Kier molecular flexibility index (Phi) is 9.66. The minimum atomic E-state index is -0.769. The van der Waals surface area contributed by atoms with Gasteiger partial charge >= 0.3 is 5.97 Å². The lowest BCUT2D eigenvalue weighted by Gasteiger charge is -2.26. The number of nitriles is 1. The number of benzene rings is 3. The van der Waals surface area contributed by atoms with Crippen LogP contribution >= 0.6 is 33.9 Å². The fraction of sp³-hybridized carbons (Fsp3) is 0.235. The number of carbonyl (C=O) groups excluding carboxylic acids is 1. The van der Waals surface area contributed by atoms with E-state index in [-0.39, 0.29) is 24.9 Å². The van der Waals surface area contributed by atoms with Gasteiger partial charge in [0.1, 0.15) is 24.1 Å². The molecule has 10 heteroatoms. The monoisotopic (exact) mass is 719 g/mol. The molecular formula is C34H30IN3O5S. The Bertz CT molecular complexity index is 1990. The maximum absolute atomic E-state index is 14.1. The van der Waals surface area contributed by atoms with Crippen LogP contribution in [0.3, 0.4) is 0 Å². The highest BCUT2D eigenvalue weighted by atomic mass is 127. The summed E-state index contributed by atoms with van der Waals surface area (Å²) < 4.78 is 20.4. The van der Waals surface area contributed by atoms with E-state index in [9.17, 15) is 14.9 Å². The zero-order valence-corrected chi connectivity index (χ0v) is 27.6. The van der Waals surface area contributed by atoms with Gasteiger partial charge in [0.25, 0.3) is 5.56 Å². The molecule has 0 amide bonds. The number of hydrogen-bond donors (Lipinski definition) is 0. The molecule has 8 nitrogen and oxygen atoms in total. The quantitative estimate of drug-likeness (QED) is 0.164. The van der Waals surface area contributed by atoms with Crippen molar-refractivity contribution in [3.63, 3.8) is 0 Å². The summed E-state index contributed by atoms with van der Waals surface area (Å²) >= 11 is 3.46. The number of esters is 1. The average Bonchev–Trinajstić information content (AvgIpc) is 3.30. The highest BCUT2D eigenvalue weighted by Crippen LogP contribution is 2.36. The van der Waals surface area contributed by atoms with Gasteiger partial charge in [-0.3, -0.25) is 9.36 Å². The molecule has 0 bridgehead atoms. The van der Waals surface area contributed by atoms with Crippen molar-refractivity contribution in [3.8, 4) is 17.6 Å². The molecule has 1 aromatic heterocycles. The molecule has 4 aromatic rings. The van der Waals surface area contributed by atoms with E-state index in [0.29, 0.717) is 43.2 Å². The molecule has 3 aromatic carbocycles. The van der Waals surface area contributed by atoms with Gasteiger partial charge < -0.3 is 14.2 Å². The Balaban J connectivity index is 1.55. The normalized spacial score (nSPS) is 14.6. The van der Waals surface area contributed by atoms with Crippen LogP contribution in [0.2, 0.25) is 0 Å². The van der Waals surface area contributed by atoms with Crippen molar-refractivity contribution in [1.29, 1.82) is 5.26 Å². The van der Waals surface area contributed by atoms with Gasteiger partial charge in [-0.25, -0.2) is 9.79 Å². The second-order valence-corrected chi connectivity index (χ2v) is 12.4. The Hall–Kier alpha value is -4.21. The van der Waals surface area contributed by atoms with Crippen LogP contribution in [0.15, 0.2) is 87.8 Å². The van der Waals surface area contributed by atoms with E-state index in [1.54, 1.807) is 24.5 Å². The molecule has 44 heavy (non-hydrogen) atoms. The van der Waals surface area contributed by atoms with Crippen molar-refractivity contribution in [2.75, 3.05) is 6.61 Å². The van der Waals surface area contributed by atoms with Gasteiger partial charge in [-0.05, 0) is 86.2 Å². The van der Waals surface area contributed by atoms with Crippen molar-refractivity contribution in [2.45, 2.75) is 46.4 Å². The first kappa shape index (κ1) is 31.2. The summed E-state index contributed by atoms with van der Waals surface area (Å²) in [5.74, 6) is 0.740. The molecule has 1 aliphatic heterocycles. The summed E-state index contributed by atoms with van der Waals surface area (Å²) in [6.07, 6.45) is 1.70. The van der Waals surface area contributed by atoms with Crippen LogP contribution in [0.5, 0.6) is 11.5 Å². The van der Waals surface area contributed by atoms with Crippen molar-refractivity contribution in [3.05, 3.63) is 124 Å². The molecule has 1 atom stereocenters. The molecule has 0 fully saturated rings. The second-order valence-electron chi connectivity index (χ2n) is 10.3. The zero-order valence-electron chi connectivity index (χ0n) is 24.7. The third kappa shape index (κ3) is 6.49. The fourth-order valence-corrected chi connectivity index (χ4v) is 6.68. The summed E-state index contributed by atoms with van der Waals surface area (Å²) in [7, 11) is 0. The largest absolute Gasteiger partial charge is 0.491 e. The van der Waals surface area contributed by atoms with E-state index in [1.807, 2.05) is 80.6 Å². The highest BCUT2D eigenvalue weighted by Gasteiger charge is 2.35. The maximum atomic E-state index is 14.1. The zero-order chi connectivity index (χ0) is 31.4. The molecule has 0 aliphatic carbocycles. The molecular weight excluding hydrogens is 689 g/mol. The van der Waals surface area contributed by atoms with Gasteiger partial charge in [-0.2, -0.15) is 5.26 Å². The highest BCUT2D eigenvalue weighted by molar-refractivity contribution is 14.1. The van der Waals surface area contributed by atoms with Crippen LogP contribution < -0.4 is 24.4 Å². The predicted molar refractivity (Wildman–Crippen MR) is 177 cm³/mol. The first-order valence-corrected chi connectivity index (χ1v) is 16.0. The molecule has 5 rings (SSSR count). The number of thiazole rings is 1. The van der Waals surface area contributed by atoms with Gasteiger partial charge in [0.05, 0.1) is 43.7 Å². The standard InChI is InChI=1S/C34H30IN3O5S/c1-5-41-33(40)30-21(4)37-34-38(31(30)25-12-8-9-13-27(25)43-20(2)3)32(39)29(44-34)17-22-14-15-28(26(35)16-22)42-19-24-11-7-6-10-23(24)18-36/h6-17,20,31H,5,19H2,1-4H3/b29-17+/t31-/m0/s1. The molecule has 0 saturated carbocycles. The summed E-state index contributed by atoms with van der Waals surface area (Å²) in [6, 6.07) is 21.9. The van der Waals surface area contributed by atoms with Gasteiger partial charge in [-0.15, -0.1) is 0 Å². The topological polar surface area (TPSA) is 103 Å². The van der Waals surface area contributed by atoms with Crippen molar-refractivity contribution in [1.82, 2.24) is 4.57 Å². The number of para-hydroxylation sites is 1. The third-order valence-corrected chi connectivity index (χ3v) is 8.69. The van der Waals surface area contributed by atoms with Crippen LogP contribution in [0.25, 0.3) is 6.08 Å². The number of allylic oxidation sites excluding steroid dienone is 1. The minimum Gasteiger partial charge on any atom is -0.491 e. The molecule has 0 N–H and O–H groups in total.